The Balaban J connectivity index is 1.72. The van der Waals surface area contributed by atoms with Gasteiger partial charge >= 0.3 is 0 Å². The molecule has 1 aromatic carbocycles. The predicted octanol–water partition coefficient (Wildman–Crippen LogP) is 2.38. The fourth-order valence-corrected chi connectivity index (χ4v) is 3.03. The lowest BCUT2D eigenvalue weighted by atomic mass is 10.1. The summed E-state index contributed by atoms with van der Waals surface area (Å²) in [5.74, 6) is 0.620. The van der Waals surface area contributed by atoms with Crippen LogP contribution in [0.2, 0.25) is 0 Å². The number of aromatic nitrogens is 3. The number of rotatable bonds is 2. The van der Waals surface area contributed by atoms with E-state index in [-0.39, 0.29) is 11.5 Å². The molecule has 3 aromatic rings. The first-order chi connectivity index (χ1) is 11.7. The van der Waals surface area contributed by atoms with Crippen LogP contribution in [0, 0.1) is 0 Å². The van der Waals surface area contributed by atoms with Gasteiger partial charge in [0.15, 0.2) is 0 Å². The molecule has 0 bridgehead atoms. The minimum atomic E-state index is -0.234. The minimum absolute atomic E-state index is 0.0327. The van der Waals surface area contributed by atoms with Crippen LogP contribution in [0.25, 0.3) is 10.9 Å². The number of anilines is 1. The summed E-state index contributed by atoms with van der Waals surface area (Å²) in [6.45, 7) is 0.713. The number of hydrogen-bond donors (Lipinski definition) is 1. The molecule has 0 spiro atoms. The van der Waals surface area contributed by atoms with E-state index in [1.54, 1.807) is 47.3 Å². The molecule has 120 valence electrons. The molecular formula is C18H16N4O2. The van der Waals surface area contributed by atoms with Crippen LogP contribution in [0.4, 0.5) is 5.69 Å². The van der Waals surface area contributed by atoms with Crippen molar-refractivity contribution >= 4 is 22.5 Å². The van der Waals surface area contributed by atoms with Gasteiger partial charge in [-0.1, -0.05) is 0 Å². The molecule has 0 radical (unpaired) electrons. The zero-order chi connectivity index (χ0) is 16.5. The van der Waals surface area contributed by atoms with Crippen LogP contribution in [0.3, 0.4) is 0 Å². The second-order valence-corrected chi connectivity index (χ2v) is 5.86. The number of fused-ring (bicyclic) bond motifs is 2. The first kappa shape index (κ1) is 14.6. The van der Waals surface area contributed by atoms with Gasteiger partial charge in [0.05, 0.1) is 10.9 Å². The monoisotopic (exact) mass is 320 g/mol. The Bertz CT molecular complexity index is 979. The molecule has 0 unspecified atom stereocenters. The average Bonchev–Trinajstić information content (AvgIpc) is 2.63. The zero-order valence-electron chi connectivity index (χ0n) is 13.0. The van der Waals surface area contributed by atoms with E-state index in [9.17, 15) is 9.59 Å². The summed E-state index contributed by atoms with van der Waals surface area (Å²) in [4.78, 5) is 33.4. The van der Waals surface area contributed by atoms with Gasteiger partial charge in [-0.15, -0.1) is 0 Å². The van der Waals surface area contributed by atoms with Gasteiger partial charge in [-0.05, 0) is 43.2 Å². The first-order valence-electron chi connectivity index (χ1n) is 7.97. The van der Waals surface area contributed by atoms with Crippen molar-refractivity contribution < 1.29 is 4.79 Å². The standard InChI is InChI=1S/C18H16N4O2/c23-17(12-6-8-19-9-7-12)20-13-4-5-15-14(11-13)18(24)22-10-2-1-3-16(22)21-15/h4-9,11H,1-3,10H2,(H,20,23). The van der Waals surface area contributed by atoms with Gasteiger partial charge in [-0.2, -0.15) is 0 Å². The maximum absolute atomic E-state index is 12.7. The molecule has 4 rings (SSSR count). The fourth-order valence-electron chi connectivity index (χ4n) is 3.03. The molecule has 0 fully saturated rings. The molecule has 3 heterocycles. The fraction of sp³-hybridized carbons (Fsp3) is 0.222. The number of nitrogens with one attached hydrogen (secondary N) is 1. The van der Waals surface area contributed by atoms with E-state index >= 15 is 0 Å². The molecule has 1 aliphatic heterocycles. The molecule has 1 aliphatic rings. The minimum Gasteiger partial charge on any atom is -0.322 e. The lowest BCUT2D eigenvalue weighted by Crippen LogP contribution is -2.28. The molecule has 6 heteroatoms. The highest BCUT2D eigenvalue weighted by molar-refractivity contribution is 6.04. The Morgan fingerprint density at radius 3 is 2.79 bits per heavy atom. The van der Waals surface area contributed by atoms with Gasteiger partial charge in [0.2, 0.25) is 0 Å². The molecule has 1 amide bonds. The second kappa shape index (κ2) is 5.88. The third kappa shape index (κ3) is 2.56. The summed E-state index contributed by atoms with van der Waals surface area (Å²) in [6.07, 6.45) is 6.04. The highest BCUT2D eigenvalue weighted by Gasteiger charge is 2.15. The normalized spacial score (nSPS) is 13.5. The van der Waals surface area contributed by atoms with E-state index in [0.717, 1.165) is 25.1 Å². The molecule has 0 aliphatic carbocycles. The topological polar surface area (TPSA) is 76.9 Å². The number of carbonyl (C=O) groups excluding carboxylic acids is 1. The zero-order valence-corrected chi connectivity index (χ0v) is 13.0. The molecule has 0 saturated heterocycles. The smallest absolute Gasteiger partial charge is 0.261 e. The summed E-state index contributed by atoms with van der Waals surface area (Å²) in [6, 6.07) is 8.54. The molecule has 0 saturated carbocycles. The van der Waals surface area contributed by atoms with Crippen LogP contribution in [0.15, 0.2) is 47.5 Å². The van der Waals surface area contributed by atoms with Crippen molar-refractivity contribution in [3.05, 3.63) is 64.5 Å². The number of pyridine rings is 1. The number of benzene rings is 1. The predicted molar refractivity (Wildman–Crippen MR) is 91.1 cm³/mol. The summed E-state index contributed by atoms with van der Waals surface area (Å²) in [5.41, 5.74) is 1.75. The first-order valence-corrected chi connectivity index (χ1v) is 7.97. The van der Waals surface area contributed by atoms with Gasteiger partial charge in [0.1, 0.15) is 5.82 Å². The van der Waals surface area contributed by atoms with Crippen LogP contribution in [-0.4, -0.2) is 20.4 Å². The molecule has 0 atom stereocenters. The quantitative estimate of drug-likeness (QED) is 0.786. The van der Waals surface area contributed by atoms with Crippen molar-refractivity contribution in [2.45, 2.75) is 25.8 Å². The van der Waals surface area contributed by atoms with Crippen LogP contribution in [0.5, 0.6) is 0 Å². The Labute approximate surface area is 138 Å². The van der Waals surface area contributed by atoms with Crippen molar-refractivity contribution in [2.24, 2.45) is 0 Å². The van der Waals surface area contributed by atoms with Gasteiger partial charge in [-0.3, -0.25) is 19.1 Å². The molecular weight excluding hydrogens is 304 g/mol. The van der Waals surface area contributed by atoms with E-state index in [1.807, 2.05) is 0 Å². The molecule has 6 nitrogen and oxygen atoms in total. The summed E-state index contributed by atoms with van der Waals surface area (Å²) < 4.78 is 1.75. The van der Waals surface area contributed by atoms with Crippen molar-refractivity contribution in [1.82, 2.24) is 14.5 Å². The van der Waals surface area contributed by atoms with Crippen LogP contribution >= 0.6 is 0 Å². The molecule has 1 N–H and O–H groups in total. The van der Waals surface area contributed by atoms with Gasteiger partial charge in [0.25, 0.3) is 11.5 Å². The van der Waals surface area contributed by atoms with E-state index in [4.69, 9.17) is 0 Å². The summed E-state index contributed by atoms with van der Waals surface area (Å²) >= 11 is 0. The largest absolute Gasteiger partial charge is 0.322 e. The van der Waals surface area contributed by atoms with Crippen molar-refractivity contribution in [1.29, 1.82) is 0 Å². The van der Waals surface area contributed by atoms with Crippen molar-refractivity contribution in [3.63, 3.8) is 0 Å². The maximum atomic E-state index is 12.7. The Kier molecular flexibility index (Phi) is 3.57. The van der Waals surface area contributed by atoms with E-state index < -0.39 is 0 Å². The Hall–Kier alpha value is -3.02. The van der Waals surface area contributed by atoms with Crippen LogP contribution in [0.1, 0.15) is 29.0 Å². The van der Waals surface area contributed by atoms with Gasteiger partial charge in [0, 0.05) is 36.6 Å². The van der Waals surface area contributed by atoms with E-state index in [1.165, 1.54) is 0 Å². The Morgan fingerprint density at radius 1 is 1.12 bits per heavy atom. The van der Waals surface area contributed by atoms with Crippen molar-refractivity contribution in [3.8, 4) is 0 Å². The van der Waals surface area contributed by atoms with Crippen LogP contribution < -0.4 is 10.9 Å². The second-order valence-electron chi connectivity index (χ2n) is 5.86. The third-order valence-corrected chi connectivity index (χ3v) is 4.27. The third-order valence-electron chi connectivity index (χ3n) is 4.27. The lowest BCUT2D eigenvalue weighted by Gasteiger charge is -2.18. The highest BCUT2D eigenvalue weighted by atomic mass is 16.1. The number of carbonyl (C=O) groups is 1. The summed E-state index contributed by atoms with van der Waals surface area (Å²) in [5, 5.41) is 3.35. The summed E-state index contributed by atoms with van der Waals surface area (Å²) in [7, 11) is 0. The Morgan fingerprint density at radius 2 is 1.96 bits per heavy atom. The van der Waals surface area contributed by atoms with Gasteiger partial charge < -0.3 is 5.32 Å². The maximum Gasteiger partial charge on any atom is 0.261 e. The number of nitrogens with zero attached hydrogens (tertiary/aromatic N) is 3. The molecule has 24 heavy (non-hydrogen) atoms. The SMILES string of the molecule is O=C(Nc1ccc2nc3n(c(=O)c2c1)CCCC3)c1ccncc1. The van der Waals surface area contributed by atoms with E-state index in [0.29, 0.717) is 28.7 Å². The molecule has 2 aromatic heterocycles. The lowest BCUT2D eigenvalue weighted by molar-refractivity contribution is 0.102. The van der Waals surface area contributed by atoms with E-state index in [2.05, 4.69) is 15.3 Å². The highest BCUT2D eigenvalue weighted by Crippen LogP contribution is 2.19. The number of aryl methyl sites for hydroxylation is 1. The number of amides is 1. The van der Waals surface area contributed by atoms with Crippen LogP contribution in [-0.2, 0) is 13.0 Å². The van der Waals surface area contributed by atoms with Gasteiger partial charge in [-0.25, -0.2) is 4.98 Å². The average molecular weight is 320 g/mol. The van der Waals surface area contributed by atoms with Crippen molar-refractivity contribution in [2.75, 3.05) is 5.32 Å². The number of hydrogen-bond acceptors (Lipinski definition) is 4.